The largest absolute Gasteiger partial charge is 0.480 e. The molecule has 1 N–H and O–H groups in total. The molecule has 0 saturated carbocycles. The van der Waals surface area contributed by atoms with E-state index in [2.05, 4.69) is 12.2 Å². The fourth-order valence-electron chi connectivity index (χ4n) is 3.23. The highest BCUT2D eigenvalue weighted by atomic mass is 35.5. The van der Waals surface area contributed by atoms with Gasteiger partial charge in [-0.1, -0.05) is 47.5 Å². The van der Waals surface area contributed by atoms with Gasteiger partial charge in [-0.15, -0.1) is 0 Å². The number of hydrogen-bond acceptors (Lipinski definition) is 3. The first-order valence-corrected chi connectivity index (χ1v) is 11.5. The van der Waals surface area contributed by atoms with E-state index in [1.165, 1.54) is 11.6 Å². The molecule has 3 rings (SSSR count). The number of aldehydes is 1. The van der Waals surface area contributed by atoms with Gasteiger partial charge in [-0.05, 0) is 93.9 Å². The summed E-state index contributed by atoms with van der Waals surface area (Å²) in [5.41, 5.74) is 1.43. The highest BCUT2D eigenvalue weighted by Crippen LogP contribution is 2.26. The number of halogens is 3. The van der Waals surface area contributed by atoms with Crippen molar-refractivity contribution in [2.75, 3.05) is 7.05 Å². The minimum atomic E-state index is -0.784. The minimum Gasteiger partial charge on any atom is -0.480 e. The second-order valence-electron chi connectivity index (χ2n) is 8.35. The number of carbonyl (C=O) groups excluding carboxylic acids is 1. The Morgan fingerprint density at radius 2 is 1.58 bits per heavy atom. The van der Waals surface area contributed by atoms with Crippen molar-refractivity contribution in [2.45, 2.75) is 44.8 Å². The monoisotopic (exact) mass is 489 g/mol. The van der Waals surface area contributed by atoms with Gasteiger partial charge in [0.2, 0.25) is 0 Å². The molecule has 2 atom stereocenters. The highest BCUT2D eigenvalue weighted by molar-refractivity contribution is 6.30. The minimum absolute atomic E-state index is 0.188. The zero-order chi connectivity index (χ0) is 24.4. The van der Waals surface area contributed by atoms with E-state index >= 15 is 0 Å². The van der Waals surface area contributed by atoms with Gasteiger partial charge >= 0.3 is 0 Å². The van der Waals surface area contributed by atoms with E-state index < -0.39 is 5.60 Å². The van der Waals surface area contributed by atoms with Crippen LogP contribution in [0.15, 0.2) is 72.8 Å². The van der Waals surface area contributed by atoms with Crippen molar-refractivity contribution in [1.29, 1.82) is 0 Å². The molecular weight excluding hydrogens is 460 g/mol. The Balaban J connectivity index is 0.000000257. The molecule has 3 aromatic rings. The van der Waals surface area contributed by atoms with Gasteiger partial charge in [0, 0.05) is 22.0 Å². The Morgan fingerprint density at radius 1 is 1.00 bits per heavy atom. The Bertz CT molecular complexity index is 1010. The molecule has 2 unspecified atom stereocenters. The first-order chi connectivity index (χ1) is 15.6. The molecule has 0 aliphatic rings. The first kappa shape index (κ1) is 26.8. The Morgan fingerprint density at radius 3 is 2.09 bits per heavy atom. The van der Waals surface area contributed by atoms with E-state index in [0.29, 0.717) is 10.8 Å². The maximum Gasteiger partial charge on any atom is 0.162 e. The van der Waals surface area contributed by atoms with Crippen molar-refractivity contribution >= 4 is 29.5 Å². The number of benzene rings is 3. The molecule has 0 amide bonds. The standard InChI is InChI=1S/C17H19ClFN.C10H11ClO2/c1-12(20-2)17(14-4-3-5-16(19)11-14)10-13-6-8-15(18)9-7-13;1-10(2,7-12)13-9-5-3-8(11)4-6-9/h3-9,11-12,17,20H,10H2,1-2H3;3-7H,1-2H3. The van der Waals surface area contributed by atoms with Gasteiger partial charge in [-0.25, -0.2) is 4.39 Å². The third-order valence-corrected chi connectivity index (χ3v) is 5.69. The van der Waals surface area contributed by atoms with Crippen LogP contribution in [0.2, 0.25) is 10.0 Å². The summed E-state index contributed by atoms with van der Waals surface area (Å²) in [7, 11) is 1.93. The lowest BCUT2D eigenvalue weighted by Crippen LogP contribution is -2.30. The highest BCUT2D eigenvalue weighted by Gasteiger charge is 2.19. The summed E-state index contributed by atoms with van der Waals surface area (Å²) in [6, 6.07) is 21.8. The third-order valence-electron chi connectivity index (χ3n) is 5.18. The van der Waals surface area contributed by atoms with Crippen LogP contribution in [0.25, 0.3) is 0 Å². The van der Waals surface area contributed by atoms with Crippen LogP contribution in [0.4, 0.5) is 4.39 Å². The van der Waals surface area contributed by atoms with E-state index in [-0.39, 0.29) is 17.8 Å². The van der Waals surface area contributed by atoms with Crippen molar-refractivity contribution in [2.24, 2.45) is 0 Å². The lowest BCUT2D eigenvalue weighted by Gasteiger charge is -2.24. The van der Waals surface area contributed by atoms with Crippen LogP contribution >= 0.6 is 23.2 Å². The van der Waals surface area contributed by atoms with E-state index in [4.69, 9.17) is 27.9 Å². The molecule has 0 fully saturated rings. The summed E-state index contributed by atoms with van der Waals surface area (Å²) in [6.45, 7) is 5.52. The van der Waals surface area contributed by atoms with Gasteiger partial charge in [-0.2, -0.15) is 0 Å². The Kier molecular flexibility index (Phi) is 10.4. The fourth-order valence-corrected chi connectivity index (χ4v) is 3.48. The number of nitrogens with one attached hydrogen (secondary N) is 1. The molecule has 0 saturated heterocycles. The Hall–Kier alpha value is -2.40. The second-order valence-corrected chi connectivity index (χ2v) is 9.22. The molecular formula is C27H30Cl2FNO2. The zero-order valence-corrected chi connectivity index (χ0v) is 20.8. The molecule has 176 valence electrons. The molecule has 0 spiro atoms. The van der Waals surface area contributed by atoms with Crippen LogP contribution in [0.1, 0.15) is 37.8 Å². The summed E-state index contributed by atoms with van der Waals surface area (Å²) in [5, 5.41) is 4.65. The van der Waals surface area contributed by atoms with Gasteiger partial charge in [0.1, 0.15) is 11.6 Å². The van der Waals surface area contributed by atoms with Crippen molar-refractivity contribution in [3.63, 3.8) is 0 Å². The third kappa shape index (κ3) is 9.17. The molecule has 0 aliphatic heterocycles. The van der Waals surface area contributed by atoms with Crippen molar-refractivity contribution < 1.29 is 13.9 Å². The lowest BCUT2D eigenvalue weighted by molar-refractivity contribution is -0.118. The normalized spacial score (nSPS) is 12.8. The topological polar surface area (TPSA) is 38.3 Å². The number of carbonyl (C=O) groups is 1. The molecule has 0 aromatic heterocycles. The summed E-state index contributed by atoms with van der Waals surface area (Å²) in [5.74, 6) is 0.672. The van der Waals surface area contributed by atoms with Crippen LogP contribution in [-0.2, 0) is 11.2 Å². The quantitative estimate of drug-likeness (QED) is 0.342. The second kappa shape index (κ2) is 12.7. The fraction of sp³-hybridized carbons (Fsp3) is 0.296. The molecule has 0 heterocycles. The van der Waals surface area contributed by atoms with Crippen molar-refractivity contribution in [3.05, 3.63) is 99.8 Å². The number of likely N-dealkylation sites (N-methyl/N-ethyl adjacent to an activating group) is 1. The lowest BCUT2D eigenvalue weighted by atomic mass is 9.86. The molecule has 0 radical (unpaired) electrons. The van der Waals surface area contributed by atoms with E-state index in [9.17, 15) is 9.18 Å². The van der Waals surface area contributed by atoms with E-state index in [1.54, 1.807) is 50.2 Å². The summed E-state index contributed by atoms with van der Waals surface area (Å²) in [6.07, 6.45) is 1.62. The molecule has 0 aliphatic carbocycles. The zero-order valence-electron chi connectivity index (χ0n) is 19.3. The van der Waals surface area contributed by atoms with Crippen LogP contribution in [-0.4, -0.2) is 25.0 Å². The van der Waals surface area contributed by atoms with E-state index in [1.807, 2.05) is 37.4 Å². The van der Waals surface area contributed by atoms with Crippen LogP contribution in [0.3, 0.4) is 0 Å². The summed E-state index contributed by atoms with van der Waals surface area (Å²) >= 11 is 11.6. The van der Waals surface area contributed by atoms with Gasteiger partial charge in [0.25, 0.3) is 0 Å². The maximum atomic E-state index is 13.4. The average Bonchev–Trinajstić information content (AvgIpc) is 2.80. The van der Waals surface area contributed by atoms with Gasteiger partial charge < -0.3 is 10.1 Å². The smallest absolute Gasteiger partial charge is 0.162 e. The predicted molar refractivity (Wildman–Crippen MR) is 135 cm³/mol. The van der Waals surface area contributed by atoms with Crippen LogP contribution in [0, 0.1) is 5.82 Å². The maximum absolute atomic E-state index is 13.4. The molecule has 3 aromatic carbocycles. The summed E-state index contributed by atoms with van der Waals surface area (Å²) < 4.78 is 18.8. The van der Waals surface area contributed by atoms with Crippen LogP contribution in [0.5, 0.6) is 5.75 Å². The van der Waals surface area contributed by atoms with Gasteiger partial charge in [0.05, 0.1) is 0 Å². The van der Waals surface area contributed by atoms with Crippen LogP contribution < -0.4 is 10.1 Å². The molecule has 3 nitrogen and oxygen atoms in total. The number of rotatable bonds is 8. The van der Waals surface area contributed by atoms with Crippen molar-refractivity contribution in [1.82, 2.24) is 5.32 Å². The predicted octanol–water partition coefficient (Wildman–Crippen LogP) is 7.11. The average molecular weight is 490 g/mol. The number of hydrogen-bond donors (Lipinski definition) is 1. The SMILES string of the molecule is CC(C)(C=O)Oc1ccc(Cl)cc1.CNC(C)C(Cc1ccc(Cl)cc1)c1cccc(F)c1. The van der Waals surface area contributed by atoms with Gasteiger partial charge in [-0.3, -0.25) is 4.79 Å². The van der Waals surface area contributed by atoms with E-state index in [0.717, 1.165) is 23.3 Å². The van der Waals surface area contributed by atoms with Gasteiger partial charge in [0.15, 0.2) is 11.9 Å². The van der Waals surface area contributed by atoms with Crippen molar-refractivity contribution in [3.8, 4) is 5.75 Å². The molecule has 6 heteroatoms. The first-order valence-electron chi connectivity index (χ1n) is 10.7. The molecule has 33 heavy (non-hydrogen) atoms. The Labute approximate surface area is 205 Å². The summed E-state index contributed by atoms with van der Waals surface area (Å²) in [4.78, 5) is 10.5. The number of ether oxygens (including phenoxy) is 1. The molecule has 0 bridgehead atoms.